The summed E-state index contributed by atoms with van der Waals surface area (Å²) in [5.74, 6) is 0.0607. The van der Waals surface area contributed by atoms with E-state index in [9.17, 15) is 9.59 Å². The van der Waals surface area contributed by atoms with Crippen molar-refractivity contribution in [2.24, 2.45) is 0 Å². The van der Waals surface area contributed by atoms with E-state index in [-0.39, 0.29) is 16.9 Å². The number of aromatic nitrogens is 1. The summed E-state index contributed by atoms with van der Waals surface area (Å²) in [6, 6.07) is 5.40. The van der Waals surface area contributed by atoms with E-state index in [1.54, 1.807) is 52.0 Å². The first-order chi connectivity index (χ1) is 13.9. The number of amides is 1. The van der Waals surface area contributed by atoms with Crippen LogP contribution in [0, 0.1) is 6.92 Å². The Hall–Kier alpha value is -2.31. The van der Waals surface area contributed by atoms with Gasteiger partial charge >= 0.3 is 6.09 Å². The Labute approximate surface area is 186 Å². The molecule has 0 aliphatic rings. The highest BCUT2D eigenvalue weighted by Crippen LogP contribution is 2.29. The summed E-state index contributed by atoms with van der Waals surface area (Å²) in [4.78, 5) is 30.0. The predicted molar refractivity (Wildman–Crippen MR) is 118 cm³/mol. The van der Waals surface area contributed by atoms with Gasteiger partial charge in [-0.15, -0.1) is 0 Å². The molecule has 1 amide bonds. The summed E-state index contributed by atoms with van der Waals surface area (Å²) in [5, 5.41) is 3.25. The number of hydrogen-bond acceptors (Lipinski definition) is 5. The number of ether oxygens (including phenoxy) is 2. The second kappa shape index (κ2) is 9.67. The van der Waals surface area contributed by atoms with Crippen molar-refractivity contribution < 1.29 is 19.1 Å². The summed E-state index contributed by atoms with van der Waals surface area (Å²) in [7, 11) is 0. The molecule has 162 valence electrons. The van der Waals surface area contributed by atoms with Gasteiger partial charge in [0.25, 0.3) is 0 Å². The van der Waals surface area contributed by atoms with Gasteiger partial charge in [0.15, 0.2) is 5.78 Å². The van der Waals surface area contributed by atoms with E-state index in [1.807, 2.05) is 13.8 Å². The number of aryl methyl sites for hydroxylation is 1. The molecular formula is C22H26Cl2N2O4. The van der Waals surface area contributed by atoms with Crippen molar-refractivity contribution in [1.29, 1.82) is 0 Å². The van der Waals surface area contributed by atoms with Crippen molar-refractivity contribution in [1.82, 2.24) is 10.3 Å². The zero-order chi connectivity index (χ0) is 22.6. The summed E-state index contributed by atoms with van der Waals surface area (Å²) >= 11 is 12.1. The van der Waals surface area contributed by atoms with Crippen LogP contribution in [0.15, 0.2) is 30.5 Å². The van der Waals surface area contributed by atoms with Gasteiger partial charge in [0.2, 0.25) is 5.88 Å². The van der Waals surface area contributed by atoms with Gasteiger partial charge in [0, 0.05) is 17.8 Å². The maximum Gasteiger partial charge on any atom is 0.408 e. The second-order valence-corrected chi connectivity index (χ2v) is 8.94. The van der Waals surface area contributed by atoms with Crippen LogP contribution in [0.1, 0.15) is 62.1 Å². The number of rotatable bonds is 6. The Bertz CT molecular complexity index is 939. The molecule has 8 heteroatoms. The molecule has 0 bridgehead atoms. The first kappa shape index (κ1) is 24.0. The molecule has 0 spiro atoms. The standard InChI is InChI=1S/C22H26Cl2N2O4/c1-12(2)29-18-9-13(3)15(11-25-18)20(27)19(26-21(28)30-22(4,5)6)14-7-8-16(23)17(24)10-14/h7-12,19H,1-6H3,(H,26,28). The molecule has 0 saturated heterocycles. The number of alkyl carbamates (subject to hydrolysis) is 1. The lowest BCUT2D eigenvalue weighted by Gasteiger charge is -2.24. The molecule has 1 unspecified atom stereocenters. The minimum atomic E-state index is -1.04. The van der Waals surface area contributed by atoms with Gasteiger partial charge in [-0.3, -0.25) is 4.79 Å². The van der Waals surface area contributed by atoms with E-state index in [4.69, 9.17) is 32.7 Å². The Morgan fingerprint density at radius 1 is 1.10 bits per heavy atom. The highest BCUT2D eigenvalue weighted by Gasteiger charge is 2.28. The van der Waals surface area contributed by atoms with Crippen molar-refractivity contribution in [3.8, 4) is 5.88 Å². The van der Waals surface area contributed by atoms with Gasteiger partial charge in [-0.05, 0) is 64.8 Å². The van der Waals surface area contributed by atoms with E-state index in [0.717, 1.165) is 0 Å². The molecule has 0 radical (unpaired) electrons. The average molecular weight is 453 g/mol. The van der Waals surface area contributed by atoms with Gasteiger partial charge in [0.1, 0.15) is 11.6 Å². The fourth-order valence-corrected chi connectivity index (χ4v) is 2.97. The highest BCUT2D eigenvalue weighted by molar-refractivity contribution is 6.42. The SMILES string of the molecule is Cc1cc(OC(C)C)ncc1C(=O)C(NC(=O)OC(C)(C)C)c1ccc(Cl)c(Cl)c1. The van der Waals surface area contributed by atoms with Crippen molar-refractivity contribution >= 4 is 35.1 Å². The largest absolute Gasteiger partial charge is 0.475 e. The number of Topliss-reactive ketones (excluding diaryl/α,β-unsaturated/α-hetero) is 1. The molecule has 1 aromatic heterocycles. The number of nitrogens with one attached hydrogen (secondary N) is 1. The molecule has 0 saturated carbocycles. The minimum absolute atomic E-state index is 0.0451. The van der Waals surface area contributed by atoms with E-state index in [2.05, 4.69) is 10.3 Å². The molecule has 2 rings (SSSR count). The number of hydrogen-bond donors (Lipinski definition) is 1. The fourth-order valence-electron chi connectivity index (χ4n) is 2.67. The summed E-state index contributed by atoms with van der Waals surface area (Å²) < 4.78 is 10.9. The first-order valence-corrected chi connectivity index (χ1v) is 10.2. The molecule has 30 heavy (non-hydrogen) atoms. The van der Waals surface area contributed by atoms with E-state index in [0.29, 0.717) is 27.6 Å². The number of benzene rings is 1. The minimum Gasteiger partial charge on any atom is -0.475 e. The molecule has 0 fully saturated rings. The zero-order valence-corrected chi connectivity index (χ0v) is 19.4. The second-order valence-electron chi connectivity index (χ2n) is 8.12. The Morgan fingerprint density at radius 2 is 1.77 bits per heavy atom. The lowest BCUT2D eigenvalue weighted by atomic mass is 9.96. The maximum atomic E-state index is 13.4. The molecule has 1 aromatic carbocycles. The summed E-state index contributed by atoms with van der Waals surface area (Å²) in [6.45, 7) is 10.8. The fraction of sp³-hybridized carbons (Fsp3) is 0.409. The first-order valence-electron chi connectivity index (χ1n) is 9.49. The average Bonchev–Trinajstić information content (AvgIpc) is 2.60. The Balaban J connectivity index is 2.41. The maximum absolute atomic E-state index is 13.4. The number of carbonyl (C=O) groups is 2. The van der Waals surface area contributed by atoms with Crippen molar-refractivity contribution in [3.05, 3.63) is 57.2 Å². The van der Waals surface area contributed by atoms with Gasteiger partial charge in [-0.1, -0.05) is 29.3 Å². The van der Waals surface area contributed by atoms with Crippen LogP contribution >= 0.6 is 23.2 Å². The van der Waals surface area contributed by atoms with Crippen molar-refractivity contribution in [2.75, 3.05) is 0 Å². The Morgan fingerprint density at radius 3 is 2.30 bits per heavy atom. The van der Waals surface area contributed by atoms with Crippen LogP contribution < -0.4 is 10.1 Å². The molecule has 6 nitrogen and oxygen atoms in total. The van der Waals surface area contributed by atoms with Gasteiger partial charge in [0.05, 0.1) is 16.1 Å². The molecular weight excluding hydrogens is 427 g/mol. The third-order valence-corrected chi connectivity index (χ3v) is 4.65. The molecule has 1 atom stereocenters. The van der Waals surface area contributed by atoms with E-state index >= 15 is 0 Å². The number of nitrogens with zero attached hydrogens (tertiary/aromatic N) is 1. The molecule has 1 N–H and O–H groups in total. The third kappa shape index (κ3) is 6.61. The van der Waals surface area contributed by atoms with Crippen molar-refractivity contribution in [3.63, 3.8) is 0 Å². The van der Waals surface area contributed by atoms with Crippen LogP contribution in [0.25, 0.3) is 0 Å². The van der Waals surface area contributed by atoms with Crippen LogP contribution in [0.5, 0.6) is 5.88 Å². The molecule has 1 heterocycles. The van der Waals surface area contributed by atoms with Gasteiger partial charge in [-0.25, -0.2) is 9.78 Å². The van der Waals surface area contributed by atoms with Gasteiger partial charge in [-0.2, -0.15) is 0 Å². The topological polar surface area (TPSA) is 77.5 Å². The third-order valence-electron chi connectivity index (χ3n) is 3.91. The summed E-state index contributed by atoms with van der Waals surface area (Å²) in [5.41, 5.74) is 0.768. The zero-order valence-electron chi connectivity index (χ0n) is 17.9. The molecule has 2 aromatic rings. The lowest BCUT2D eigenvalue weighted by molar-refractivity contribution is 0.0490. The van der Waals surface area contributed by atoms with Crippen LogP contribution in [0.2, 0.25) is 10.0 Å². The number of carbonyl (C=O) groups excluding carboxylic acids is 2. The number of halogens is 2. The van der Waals surface area contributed by atoms with Crippen LogP contribution in [0.3, 0.4) is 0 Å². The van der Waals surface area contributed by atoms with Gasteiger partial charge < -0.3 is 14.8 Å². The molecule has 0 aliphatic heterocycles. The Kier molecular flexibility index (Phi) is 7.72. The monoisotopic (exact) mass is 452 g/mol. The quantitative estimate of drug-likeness (QED) is 0.549. The number of ketones is 1. The van der Waals surface area contributed by atoms with Crippen LogP contribution in [-0.4, -0.2) is 28.6 Å². The van der Waals surface area contributed by atoms with E-state index < -0.39 is 17.7 Å². The lowest BCUT2D eigenvalue weighted by Crippen LogP contribution is -2.38. The highest BCUT2D eigenvalue weighted by atomic mass is 35.5. The van der Waals surface area contributed by atoms with Crippen LogP contribution in [-0.2, 0) is 4.74 Å². The molecule has 0 aliphatic carbocycles. The summed E-state index contributed by atoms with van der Waals surface area (Å²) in [6.07, 6.45) is 0.671. The smallest absolute Gasteiger partial charge is 0.408 e. The number of pyridine rings is 1. The van der Waals surface area contributed by atoms with Crippen molar-refractivity contribution in [2.45, 2.75) is 59.3 Å². The predicted octanol–water partition coefficient (Wildman–Crippen LogP) is 5.93. The normalized spacial score (nSPS) is 12.4. The van der Waals surface area contributed by atoms with Crippen LogP contribution in [0.4, 0.5) is 4.79 Å². The van der Waals surface area contributed by atoms with E-state index in [1.165, 1.54) is 6.20 Å².